The van der Waals surface area contributed by atoms with Crippen molar-refractivity contribution in [3.63, 3.8) is 0 Å². The summed E-state index contributed by atoms with van der Waals surface area (Å²) in [4.78, 5) is 67.4. The first-order valence-corrected chi connectivity index (χ1v) is 23.6. The molecule has 0 spiro atoms. The van der Waals surface area contributed by atoms with Crippen LogP contribution < -0.4 is 10.4 Å². The number of carbonyl (C=O) groups excluding carboxylic acids is 4. The van der Waals surface area contributed by atoms with Crippen LogP contribution in [0.15, 0.2) is 48.5 Å². The number of hydrogen-bond acceptors (Lipinski definition) is 10. The van der Waals surface area contributed by atoms with Crippen molar-refractivity contribution >= 4 is 50.8 Å². The minimum Gasteiger partial charge on any atom is -0.428 e. The molecule has 0 unspecified atom stereocenters. The van der Waals surface area contributed by atoms with E-state index in [9.17, 15) is 19.2 Å². The largest absolute Gasteiger partial charge is 0.550 e. The van der Waals surface area contributed by atoms with E-state index in [2.05, 4.69) is 49.1 Å². The number of ether oxygens (including phenoxy) is 2. The van der Waals surface area contributed by atoms with Crippen molar-refractivity contribution in [2.45, 2.75) is 109 Å². The normalized spacial score (nSPS) is 21.6. The van der Waals surface area contributed by atoms with Crippen LogP contribution in [-0.4, -0.2) is 52.6 Å². The lowest BCUT2D eigenvalue weighted by molar-refractivity contribution is -0.208. The third-order valence-electron chi connectivity index (χ3n) is 9.12. The lowest BCUT2D eigenvalue weighted by atomic mass is 9.76. The molecule has 2 aromatic rings. The van der Waals surface area contributed by atoms with E-state index in [0.29, 0.717) is 23.0 Å². The first kappa shape index (κ1) is 36.2. The van der Waals surface area contributed by atoms with E-state index in [1.807, 2.05) is 24.3 Å². The Hall–Kier alpha value is -3.65. The Morgan fingerprint density at radius 3 is 1.13 bits per heavy atom. The fraction of sp³-hybridized carbons (Fsp3) is 0.543. The number of hydrogen-bond donors (Lipinski definition) is 0. The van der Waals surface area contributed by atoms with Crippen LogP contribution in [0, 0.1) is 11.8 Å². The first-order chi connectivity index (χ1) is 22.2. The zero-order valence-electron chi connectivity index (χ0n) is 28.4. The molecule has 0 bridgehead atoms. The van der Waals surface area contributed by atoms with Crippen LogP contribution in [0.5, 0.6) is 0 Å². The number of rotatable bonds is 8. The van der Waals surface area contributed by atoms with Crippen molar-refractivity contribution in [3.05, 3.63) is 59.7 Å². The molecule has 2 fully saturated rings. The van der Waals surface area contributed by atoms with Crippen LogP contribution in [0.2, 0.25) is 39.3 Å². The van der Waals surface area contributed by atoms with Gasteiger partial charge in [0.15, 0.2) is 0 Å². The highest BCUT2D eigenvalue weighted by molar-refractivity contribution is 6.89. The van der Waals surface area contributed by atoms with E-state index in [0.717, 1.165) is 57.8 Å². The van der Waals surface area contributed by atoms with Gasteiger partial charge in [0, 0.05) is 0 Å². The van der Waals surface area contributed by atoms with Crippen LogP contribution in [0.25, 0.3) is 0 Å². The van der Waals surface area contributed by atoms with Gasteiger partial charge >= 0.3 is 24.2 Å². The van der Waals surface area contributed by atoms with Gasteiger partial charge in [-0.1, -0.05) is 73.9 Å². The monoisotopic (exact) mass is 684 g/mol. The smallest absolute Gasteiger partial charge is 0.428 e. The summed E-state index contributed by atoms with van der Waals surface area (Å²) in [6.07, 6.45) is 5.08. The van der Waals surface area contributed by atoms with Gasteiger partial charge in [-0.3, -0.25) is 0 Å². The van der Waals surface area contributed by atoms with Gasteiger partial charge in [-0.05, 0) is 93.9 Å². The molecule has 0 saturated heterocycles. The molecule has 4 rings (SSSR count). The number of benzene rings is 2. The Morgan fingerprint density at radius 1 is 0.511 bits per heavy atom. The summed E-state index contributed by atoms with van der Waals surface area (Å²) in [6, 6.07) is 14.3. The summed E-state index contributed by atoms with van der Waals surface area (Å²) in [6.45, 7) is 13.3. The highest BCUT2D eigenvalue weighted by Crippen LogP contribution is 2.37. The maximum absolute atomic E-state index is 12.3. The maximum atomic E-state index is 12.3. The second kappa shape index (κ2) is 16.0. The zero-order chi connectivity index (χ0) is 34.2. The highest BCUT2D eigenvalue weighted by Gasteiger charge is 2.31. The van der Waals surface area contributed by atoms with Crippen molar-refractivity contribution in [2.24, 2.45) is 11.8 Å². The summed E-state index contributed by atoms with van der Waals surface area (Å²) in [5.74, 6) is -0.442. The van der Waals surface area contributed by atoms with Crippen LogP contribution in [0.3, 0.4) is 0 Å². The molecule has 0 aliphatic heterocycles. The van der Waals surface area contributed by atoms with Gasteiger partial charge in [0.05, 0.1) is 27.3 Å². The van der Waals surface area contributed by atoms with Crippen molar-refractivity contribution in [1.29, 1.82) is 0 Å². The summed E-state index contributed by atoms with van der Waals surface area (Å²) in [5.41, 5.74) is 0.613. The fourth-order valence-electron chi connectivity index (χ4n) is 6.21. The Morgan fingerprint density at radius 2 is 0.830 bits per heavy atom. The van der Waals surface area contributed by atoms with E-state index < -0.39 is 40.4 Å². The quantitative estimate of drug-likeness (QED) is 0.120. The molecule has 0 heterocycles. The van der Waals surface area contributed by atoms with E-state index in [1.54, 1.807) is 24.3 Å². The van der Waals surface area contributed by atoms with E-state index in [4.69, 9.17) is 19.2 Å². The molecule has 10 nitrogen and oxygen atoms in total. The molecule has 47 heavy (non-hydrogen) atoms. The molecule has 0 N–H and O–H groups in total. The summed E-state index contributed by atoms with van der Waals surface area (Å²) < 4.78 is 10.8. The Kier molecular flexibility index (Phi) is 12.3. The molecule has 2 aliphatic carbocycles. The van der Waals surface area contributed by atoms with Gasteiger partial charge in [0.1, 0.15) is 12.2 Å². The van der Waals surface area contributed by atoms with Crippen molar-refractivity contribution in [1.82, 2.24) is 0 Å². The van der Waals surface area contributed by atoms with Crippen molar-refractivity contribution in [2.75, 3.05) is 0 Å². The van der Waals surface area contributed by atoms with Crippen LogP contribution in [-0.2, 0) is 29.0 Å². The topological polar surface area (TPSA) is 124 Å². The van der Waals surface area contributed by atoms with Gasteiger partial charge in [0.25, 0.3) is 0 Å². The summed E-state index contributed by atoms with van der Waals surface area (Å²) in [5, 5.41) is 2.43. The number of carbonyl (C=O) groups is 4. The van der Waals surface area contributed by atoms with Crippen LogP contribution in [0.4, 0.5) is 9.59 Å². The molecule has 256 valence electrons. The fourth-order valence-corrected chi connectivity index (χ4v) is 8.54. The Bertz CT molecular complexity index is 1260. The van der Waals surface area contributed by atoms with E-state index >= 15 is 0 Å². The van der Waals surface area contributed by atoms with Crippen LogP contribution >= 0.6 is 0 Å². The first-order valence-electron chi connectivity index (χ1n) is 16.6. The molecule has 2 saturated carbocycles. The predicted octanol–water partition coefficient (Wildman–Crippen LogP) is 7.43. The minimum absolute atomic E-state index is 0.276. The Balaban J connectivity index is 1.07. The SMILES string of the molecule is C[Si](C)(C)c1ccc(C(=O)OOC(=O)OC2CCC(CC3CCC(OC(=O)OOC(=O)c4ccc([Si](C)(C)C)cc4)CC3)CC2)cc1. The molecule has 2 aliphatic rings. The molecular weight excluding hydrogens is 637 g/mol. The third-order valence-corrected chi connectivity index (χ3v) is 13.3. The van der Waals surface area contributed by atoms with Crippen LogP contribution in [0.1, 0.15) is 78.5 Å². The van der Waals surface area contributed by atoms with E-state index in [1.165, 1.54) is 10.4 Å². The maximum Gasteiger partial charge on any atom is 0.550 e. The van der Waals surface area contributed by atoms with Gasteiger partial charge in [-0.15, -0.1) is 0 Å². The molecule has 0 radical (unpaired) electrons. The molecule has 0 atom stereocenters. The van der Waals surface area contributed by atoms with Crippen molar-refractivity contribution in [3.8, 4) is 0 Å². The summed E-state index contributed by atoms with van der Waals surface area (Å²) >= 11 is 0. The average molecular weight is 685 g/mol. The lowest BCUT2D eigenvalue weighted by Gasteiger charge is -2.33. The second-order valence-corrected chi connectivity index (χ2v) is 25.0. The molecule has 12 heteroatoms. The molecule has 2 aromatic carbocycles. The standard InChI is InChI=1S/C35H48O10Si2/c1-46(2,3)30-19-11-26(12-20-30)32(36)42-44-34(38)40-28-15-7-24(8-16-28)23-25-9-17-29(18-10-25)41-35(39)45-43-33(37)27-13-21-31(22-14-27)47(4,5)6/h11-14,19-22,24-25,28-29H,7-10,15-18,23H2,1-6H3. The predicted molar refractivity (Wildman–Crippen MR) is 181 cm³/mol. The third kappa shape index (κ3) is 11.2. The minimum atomic E-state index is -1.49. The molecule has 0 amide bonds. The van der Waals surface area contributed by atoms with Gasteiger partial charge in [0.2, 0.25) is 0 Å². The highest BCUT2D eigenvalue weighted by atomic mass is 28.3. The Labute approximate surface area is 279 Å². The van der Waals surface area contributed by atoms with Gasteiger partial charge in [-0.25, -0.2) is 29.1 Å². The van der Waals surface area contributed by atoms with Gasteiger partial charge in [-0.2, -0.15) is 9.59 Å². The van der Waals surface area contributed by atoms with Gasteiger partial charge < -0.3 is 9.47 Å². The molecular formula is C35H48O10Si2. The lowest BCUT2D eigenvalue weighted by Crippen LogP contribution is -2.37. The van der Waals surface area contributed by atoms with Crippen molar-refractivity contribution < 1.29 is 48.2 Å². The molecule has 0 aromatic heterocycles. The second-order valence-electron chi connectivity index (χ2n) is 14.8. The average Bonchev–Trinajstić information content (AvgIpc) is 3.03. The summed E-state index contributed by atoms with van der Waals surface area (Å²) in [7, 11) is -2.97. The van der Waals surface area contributed by atoms with E-state index in [-0.39, 0.29) is 12.2 Å². The zero-order valence-corrected chi connectivity index (χ0v) is 30.4.